The number of hydrazone groups is 1. The number of nitro benzene ring substituents is 2. The van der Waals surface area contributed by atoms with Crippen LogP contribution in [0.3, 0.4) is 0 Å². The van der Waals surface area contributed by atoms with Crippen molar-refractivity contribution in [3.63, 3.8) is 0 Å². The largest absolute Gasteiger partial charge is 0.288 e. The van der Waals surface area contributed by atoms with Crippen molar-refractivity contribution in [1.82, 2.24) is 5.43 Å². The maximum Gasteiger partial charge on any atom is 0.288 e. The lowest BCUT2D eigenvalue weighted by molar-refractivity contribution is -0.385. The number of amides is 1. The first-order chi connectivity index (χ1) is 11.4. The monoisotopic (exact) mass is 348 g/mol. The maximum atomic E-state index is 11.9. The topological polar surface area (TPSA) is 128 Å². The van der Waals surface area contributed by atoms with Crippen LogP contribution in [0.15, 0.2) is 47.6 Å². The summed E-state index contributed by atoms with van der Waals surface area (Å²) in [5.41, 5.74) is 2.08. The van der Waals surface area contributed by atoms with E-state index in [4.69, 9.17) is 11.6 Å². The highest BCUT2D eigenvalue weighted by atomic mass is 35.5. The van der Waals surface area contributed by atoms with Gasteiger partial charge in [0.25, 0.3) is 17.3 Å². The number of carbonyl (C=O) groups is 1. The number of non-ortho nitro benzene ring substituents is 1. The fourth-order valence-corrected chi connectivity index (χ4v) is 1.93. The summed E-state index contributed by atoms with van der Waals surface area (Å²) in [5.74, 6) is -0.684. The first-order valence-electron chi connectivity index (χ1n) is 6.40. The summed E-state index contributed by atoms with van der Waals surface area (Å²) in [6.07, 6.45) is 1.22. The Bertz CT molecular complexity index is 853. The fraction of sp³-hybridized carbons (Fsp3) is 0. The molecule has 1 N–H and O–H groups in total. The molecule has 0 aromatic heterocycles. The Balaban J connectivity index is 2.10. The lowest BCUT2D eigenvalue weighted by Gasteiger charge is -2.01. The number of rotatable bonds is 5. The van der Waals surface area contributed by atoms with Crippen molar-refractivity contribution in [2.45, 2.75) is 0 Å². The van der Waals surface area contributed by atoms with Gasteiger partial charge in [-0.15, -0.1) is 0 Å². The molecule has 0 atom stereocenters. The molecule has 0 radical (unpaired) electrons. The fourth-order valence-electron chi connectivity index (χ4n) is 1.74. The van der Waals surface area contributed by atoms with Crippen LogP contribution in [0.25, 0.3) is 0 Å². The first kappa shape index (κ1) is 17.0. The zero-order valence-electron chi connectivity index (χ0n) is 11.9. The van der Waals surface area contributed by atoms with Crippen LogP contribution in [0, 0.1) is 20.2 Å². The van der Waals surface area contributed by atoms with Gasteiger partial charge in [0.15, 0.2) is 0 Å². The molecule has 0 aliphatic rings. The predicted octanol–water partition coefficient (Wildman–Crippen LogP) is 2.92. The van der Waals surface area contributed by atoms with Gasteiger partial charge in [-0.25, -0.2) is 5.43 Å². The number of carbonyl (C=O) groups excluding carboxylic acids is 1. The zero-order valence-corrected chi connectivity index (χ0v) is 12.6. The molecule has 0 saturated heterocycles. The van der Waals surface area contributed by atoms with E-state index < -0.39 is 21.4 Å². The number of halogens is 1. The van der Waals surface area contributed by atoms with E-state index >= 15 is 0 Å². The van der Waals surface area contributed by atoms with Gasteiger partial charge in [0.1, 0.15) is 5.02 Å². The van der Waals surface area contributed by atoms with Crippen LogP contribution >= 0.6 is 11.6 Å². The molecule has 0 spiro atoms. The van der Waals surface area contributed by atoms with Crippen LogP contribution in [0.2, 0.25) is 5.02 Å². The Morgan fingerprint density at radius 2 is 1.88 bits per heavy atom. The second kappa shape index (κ2) is 7.29. The molecule has 2 aromatic carbocycles. The number of hydrogen-bond acceptors (Lipinski definition) is 6. The summed E-state index contributed by atoms with van der Waals surface area (Å²) in [5, 5.41) is 25.0. The zero-order chi connectivity index (χ0) is 17.7. The SMILES string of the molecule is O=C(N/N=C/c1cccc([N+](=O)[O-])c1)c1ccc(Cl)c([N+](=O)[O-])c1. The van der Waals surface area contributed by atoms with Gasteiger partial charge in [-0.05, 0) is 12.1 Å². The van der Waals surface area contributed by atoms with Crippen molar-refractivity contribution < 1.29 is 14.6 Å². The van der Waals surface area contributed by atoms with E-state index in [0.717, 1.165) is 6.07 Å². The summed E-state index contributed by atoms with van der Waals surface area (Å²) in [6, 6.07) is 9.22. The lowest BCUT2D eigenvalue weighted by atomic mass is 10.2. The Morgan fingerprint density at radius 3 is 2.54 bits per heavy atom. The minimum Gasteiger partial charge on any atom is -0.267 e. The Morgan fingerprint density at radius 1 is 1.12 bits per heavy atom. The van der Waals surface area contributed by atoms with Crippen molar-refractivity contribution in [2.24, 2.45) is 5.10 Å². The van der Waals surface area contributed by atoms with Crippen LogP contribution in [-0.4, -0.2) is 22.0 Å². The third kappa shape index (κ3) is 4.11. The summed E-state index contributed by atoms with van der Waals surface area (Å²) >= 11 is 5.66. The van der Waals surface area contributed by atoms with Crippen molar-refractivity contribution in [3.8, 4) is 0 Å². The molecule has 122 valence electrons. The standard InChI is InChI=1S/C14H9ClN4O5/c15-12-5-4-10(7-13(12)19(23)24)14(20)17-16-8-9-2-1-3-11(6-9)18(21)22/h1-8H,(H,17,20)/b16-8+. The molecule has 0 heterocycles. The number of nitro groups is 2. The molecule has 0 aliphatic carbocycles. The molecule has 24 heavy (non-hydrogen) atoms. The molecule has 2 rings (SSSR count). The van der Waals surface area contributed by atoms with E-state index in [1.54, 1.807) is 6.07 Å². The van der Waals surface area contributed by atoms with Gasteiger partial charge >= 0.3 is 0 Å². The van der Waals surface area contributed by atoms with Crippen LogP contribution in [0.5, 0.6) is 0 Å². The second-order valence-electron chi connectivity index (χ2n) is 4.47. The Kier molecular flexibility index (Phi) is 5.17. The highest BCUT2D eigenvalue weighted by Crippen LogP contribution is 2.24. The van der Waals surface area contributed by atoms with Crippen LogP contribution in [-0.2, 0) is 0 Å². The average Bonchev–Trinajstić information content (AvgIpc) is 2.55. The second-order valence-corrected chi connectivity index (χ2v) is 4.88. The smallest absolute Gasteiger partial charge is 0.267 e. The first-order valence-corrected chi connectivity index (χ1v) is 6.78. The Hall–Kier alpha value is -3.33. The van der Waals surface area contributed by atoms with Gasteiger partial charge < -0.3 is 0 Å². The Labute approximate surface area is 139 Å². The van der Waals surface area contributed by atoms with Crippen LogP contribution < -0.4 is 5.43 Å². The van der Waals surface area contributed by atoms with E-state index in [0.29, 0.717) is 5.56 Å². The van der Waals surface area contributed by atoms with Crippen molar-refractivity contribution in [1.29, 1.82) is 0 Å². The van der Waals surface area contributed by atoms with Gasteiger partial charge in [0.05, 0.1) is 16.1 Å². The minimum absolute atomic E-state index is 0.00212. The van der Waals surface area contributed by atoms with E-state index in [9.17, 15) is 25.0 Å². The quantitative estimate of drug-likeness (QED) is 0.504. The molecule has 1 amide bonds. The summed E-state index contributed by atoms with van der Waals surface area (Å²) in [6.45, 7) is 0. The van der Waals surface area contributed by atoms with Gasteiger partial charge in [-0.1, -0.05) is 23.7 Å². The van der Waals surface area contributed by atoms with Crippen molar-refractivity contribution in [3.05, 3.63) is 78.8 Å². The normalized spacial score (nSPS) is 10.5. The van der Waals surface area contributed by atoms with Crippen molar-refractivity contribution in [2.75, 3.05) is 0 Å². The number of nitrogens with one attached hydrogen (secondary N) is 1. The molecule has 2 aromatic rings. The van der Waals surface area contributed by atoms with E-state index in [1.165, 1.54) is 36.5 Å². The van der Waals surface area contributed by atoms with Gasteiger partial charge in [-0.2, -0.15) is 5.10 Å². The van der Waals surface area contributed by atoms with Crippen LogP contribution in [0.1, 0.15) is 15.9 Å². The number of nitrogens with zero attached hydrogens (tertiary/aromatic N) is 3. The average molecular weight is 349 g/mol. The molecule has 0 aliphatic heterocycles. The molecule has 0 saturated carbocycles. The third-order valence-electron chi connectivity index (χ3n) is 2.87. The van der Waals surface area contributed by atoms with E-state index in [1.807, 2.05) is 0 Å². The molecular formula is C14H9ClN4O5. The van der Waals surface area contributed by atoms with E-state index in [2.05, 4.69) is 10.5 Å². The number of hydrogen-bond donors (Lipinski definition) is 1. The summed E-state index contributed by atoms with van der Waals surface area (Å²) < 4.78 is 0. The predicted molar refractivity (Wildman–Crippen MR) is 86.3 cm³/mol. The van der Waals surface area contributed by atoms with Gasteiger partial charge in [-0.3, -0.25) is 25.0 Å². The highest BCUT2D eigenvalue weighted by Gasteiger charge is 2.15. The van der Waals surface area contributed by atoms with Crippen molar-refractivity contribution >= 4 is 35.1 Å². The van der Waals surface area contributed by atoms with E-state index in [-0.39, 0.29) is 16.3 Å². The molecule has 10 heteroatoms. The third-order valence-corrected chi connectivity index (χ3v) is 3.19. The molecule has 9 nitrogen and oxygen atoms in total. The molecule has 0 unspecified atom stereocenters. The molecule has 0 bridgehead atoms. The van der Waals surface area contributed by atoms with Gasteiger partial charge in [0.2, 0.25) is 0 Å². The number of benzene rings is 2. The van der Waals surface area contributed by atoms with Gasteiger partial charge in [0, 0.05) is 29.3 Å². The minimum atomic E-state index is -0.703. The lowest BCUT2D eigenvalue weighted by Crippen LogP contribution is -2.17. The maximum absolute atomic E-state index is 11.9. The molecular weight excluding hydrogens is 340 g/mol. The highest BCUT2D eigenvalue weighted by molar-refractivity contribution is 6.32. The summed E-state index contributed by atoms with van der Waals surface area (Å²) in [7, 11) is 0. The van der Waals surface area contributed by atoms with Crippen LogP contribution in [0.4, 0.5) is 11.4 Å². The molecule has 0 fully saturated rings. The summed E-state index contributed by atoms with van der Waals surface area (Å²) in [4.78, 5) is 32.1.